The second-order valence-corrected chi connectivity index (χ2v) is 8.18. The van der Waals surface area contributed by atoms with Crippen molar-refractivity contribution in [2.75, 3.05) is 20.1 Å². The van der Waals surface area contributed by atoms with Crippen LogP contribution in [0, 0.1) is 5.41 Å². The summed E-state index contributed by atoms with van der Waals surface area (Å²) in [5.41, 5.74) is 0.359. The lowest BCUT2D eigenvalue weighted by Crippen LogP contribution is -2.45. The van der Waals surface area contributed by atoms with Crippen molar-refractivity contribution in [3.05, 3.63) is 22.4 Å². The van der Waals surface area contributed by atoms with Gasteiger partial charge in [-0.3, -0.25) is 0 Å². The third kappa shape index (κ3) is 6.94. The van der Waals surface area contributed by atoms with Crippen LogP contribution < -0.4 is 5.32 Å². The van der Waals surface area contributed by atoms with Crippen molar-refractivity contribution in [1.82, 2.24) is 10.2 Å². The Bertz CT molecular complexity index is 375. The molecule has 0 aliphatic rings. The zero-order valence-electron chi connectivity index (χ0n) is 14.8. The summed E-state index contributed by atoms with van der Waals surface area (Å²) in [5, 5.41) is 5.81. The van der Waals surface area contributed by atoms with Crippen molar-refractivity contribution in [3.63, 3.8) is 0 Å². The molecule has 0 aliphatic heterocycles. The molecule has 0 aliphatic carbocycles. The Labute approximate surface area is 135 Å². The minimum atomic E-state index is 0.359. The van der Waals surface area contributed by atoms with Crippen LogP contribution in [0.1, 0.15) is 52.3 Å². The normalized spacial score (nSPS) is 16.4. The van der Waals surface area contributed by atoms with Crippen molar-refractivity contribution < 1.29 is 0 Å². The van der Waals surface area contributed by atoms with E-state index < -0.39 is 0 Å². The average Bonchev–Trinajstić information content (AvgIpc) is 2.89. The van der Waals surface area contributed by atoms with E-state index in [2.05, 4.69) is 69.4 Å². The highest BCUT2D eigenvalue weighted by Crippen LogP contribution is 2.25. The molecule has 1 rings (SSSR count). The molecule has 21 heavy (non-hydrogen) atoms. The Morgan fingerprint density at radius 2 is 2.05 bits per heavy atom. The zero-order chi connectivity index (χ0) is 15.9. The average molecular weight is 311 g/mol. The van der Waals surface area contributed by atoms with E-state index in [-0.39, 0.29) is 0 Å². The van der Waals surface area contributed by atoms with Crippen LogP contribution in [0.2, 0.25) is 0 Å². The standard InChI is InChI=1S/C18H34N2S/c1-7-10-18(5,13-19-15(2)3)14-20(6)16(4)12-17-9-8-11-21-17/h8-9,11,15-16,19H,7,10,12-14H2,1-6H3. The van der Waals surface area contributed by atoms with Gasteiger partial charge < -0.3 is 10.2 Å². The molecule has 0 aromatic carbocycles. The smallest absolute Gasteiger partial charge is 0.0112 e. The SMILES string of the molecule is CCCC(C)(CNC(C)C)CN(C)C(C)Cc1cccs1. The van der Waals surface area contributed by atoms with Crippen LogP contribution in [-0.4, -0.2) is 37.1 Å². The van der Waals surface area contributed by atoms with Crippen molar-refractivity contribution in [2.45, 2.75) is 66.0 Å². The molecule has 1 aromatic rings. The number of nitrogens with one attached hydrogen (secondary N) is 1. The molecule has 1 N–H and O–H groups in total. The number of rotatable bonds is 10. The monoisotopic (exact) mass is 310 g/mol. The fraction of sp³-hybridized carbons (Fsp3) is 0.778. The van der Waals surface area contributed by atoms with Gasteiger partial charge in [0.25, 0.3) is 0 Å². The molecule has 0 saturated carbocycles. The minimum absolute atomic E-state index is 0.359. The summed E-state index contributed by atoms with van der Waals surface area (Å²) in [6.07, 6.45) is 3.69. The minimum Gasteiger partial charge on any atom is -0.314 e. The van der Waals surface area contributed by atoms with Crippen molar-refractivity contribution >= 4 is 11.3 Å². The van der Waals surface area contributed by atoms with Crippen LogP contribution in [0.15, 0.2) is 17.5 Å². The highest BCUT2D eigenvalue weighted by atomic mass is 32.1. The fourth-order valence-corrected chi connectivity index (χ4v) is 3.74. The molecule has 1 heterocycles. The molecule has 0 radical (unpaired) electrons. The van der Waals surface area contributed by atoms with E-state index in [1.807, 2.05) is 11.3 Å². The molecule has 1 aromatic heterocycles. The molecule has 2 nitrogen and oxygen atoms in total. The fourth-order valence-electron chi connectivity index (χ4n) is 2.91. The second-order valence-electron chi connectivity index (χ2n) is 7.14. The maximum absolute atomic E-state index is 3.64. The van der Waals surface area contributed by atoms with Gasteiger partial charge in [0, 0.05) is 30.1 Å². The molecule has 0 amide bonds. The van der Waals surface area contributed by atoms with Gasteiger partial charge >= 0.3 is 0 Å². The summed E-state index contributed by atoms with van der Waals surface area (Å²) in [6.45, 7) is 13.8. The first-order chi connectivity index (χ1) is 9.86. The largest absolute Gasteiger partial charge is 0.314 e. The van der Waals surface area contributed by atoms with Gasteiger partial charge in [-0.15, -0.1) is 11.3 Å². The maximum Gasteiger partial charge on any atom is 0.0112 e. The molecular weight excluding hydrogens is 276 g/mol. The summed E-state index contributed by atoms with van der Waals surface area (Å²) >= 11 is 1.87. The van der Waals surface area contributed by atoms with Gasteiger partial charge in [-0.25, -0.2) is 0 Å². The third-order valence-electron chi connectivity index (χ3n) is 4.25. The third-order valence-corrected chi connectivity index (χ3v) is 5.15. The predicted octanol–water partition coefficient (Wildman–Crippen LogP) is 4.42. The molecule has 122 valence electrons. The number of thiophene rings is 1. The molecule has 0 saturated heterocycles. The van der Waals surface area contributed by atoms with Gasteiger partial charge in [0.1, 0.15) is 0 Å². The van der Waals surface area contributed by atoms with E-state index in [0.29, 0.717) is 17.5 Å². The second kappa shape index (κ2) is 8.92. The van der Waals surface area contributed by atoms with Gasteiger partial charge in [-0.2, -0.15) is 0 Å². The lowest BCUT2D eigenvalue weighted by atomic mass is 9.84. The van der Waals surface area contributed by atoms with Crippen molar-refractivity contribution in [2.24, 2.45) is 5.41 Å². The lowest BCUT2D eigenvalue weighted by Gasteiger charge is -2.37. The summed E-state index contributed by atoms with van der Waals surface area (Å²) in [6, 6.07) is 5.56. The van der Waals surface area contributed by atoms with E-state index in [9.17, 15) is 0 Å². The first kappa shape index (κ1) is 18.7. The number of hydrogen-bond donors (Lipinski definition) is 1. The highest BCUT2D eigenvalue weighted by molar-refractivity contribution is 7.09. The number of hydrogen-bond acceptors (Lipinski definition) is 3. The maximum atomic E-state index is 3.64. The Balaban J connectivity index is 2.55. The van der Waals surface area contributed by atoms with Crippen LogP contribution in [0.4, 0.5) is 0 Å². The van der Waals surface area contributed by atoms with Gasteiger partial charge in [-0.1, -0.05) is 40.2 Å². The summed E-state index contributed by atoms with van der Waals surface area (Å²) in [7, 11) is 2.28. The molecule has 0 fully saturated rings. The van der Waals surface area contributed by atoms with Gasteiger partial charge in [0.2, 0.25) is 0 Å². The summed E-state index contributed by atoms with van der Waals surface area (Å²) in [4.78, 5) is 4.03. The van der Waals surface area contributed by atoms with E-state index >= 15 is 0 Å². The Kier molecular flexibility index (Phi) is 7.93. The Morgan fingerprint density at radius 1 is 1.33 bits per heavy atom. The quantitative estimate of drug-likeness (QED) is 0.688. The summed E-state index contributed by atoms with van der Waals surface area (Å²) < 4.78 is 0. The molecule has 0 bridgehead atoms. The first-order valence-corrected chi connectivity index (χ1v) is 9.20. The van der Waals surface area contributed by atoms with Gasteiger partial charge in [0.05, 0.1) is 0 Å². The van der Waals surface area contributed by atoms with E-state index in [0.717, 1.165) is 19.5 Å². The van der Waals surface area contributed by atoms with Crippen LogP contribution in [0.5, 0.6) is 0 Å². The predicted molar refractivity (Wildman–Crippen MR) is 96.3 cm³/mol. The number of likely N-dealkylation sites (N-methyl/N-ethyl adjacent to an activating group) is 1. The topological polar surface area (TPSA) is 15.3 Å². The summed E-state index contributed by atoms with van der Waals surface area (Å²) in [5.74, 6) is 0. The zero-order valence-corrected chi connectivity index (χ0v) is 15.6. The Morgan fingerprint density at radius 3 is 2.57 bits per heavy atom. The van der Waals surface area contributed by atoms with Gasteiger partial charge in [-0.05, 0) is 43.7 Å². The Hall–Kier alpha value is -0.380. The molecule has 3 heteroatoms. The van der Waals surface area contributed by atoms with E-state index in [4.69, 9.17) is 0 Å². The van der Waals surface area contributed by atoms with Crippen LogP contribution in [-0.2, 0) is 6.42 Å². The molecule has 2 atom stereocenters. The lowest BCUT2D eigenvalue weighted by molar-refractivity contribution is 0.139. The molecular formula is C18H34N2S. The van der Waals surface area contributed by atoms with E-state index in [1.54, 1.807) is 0 Å². The van der Waals surface area contributed by atoms with Crippen molar-refractivity contribution in [3.8, 4) is 0 Å². The van der Waals surface area contributed by atoms with Crippen molar-refractivity contribution in [1.29, 1.82) is 0 Å². The van der Waals surface area contributed by atoms with E-state index in [1.165, 1.54) is 17.7 Å². The van der Waals surface area contributed by atoms with Crippen LogP contribution in [0.25, 0.3) is 0 Å². The first-order valence-electron chi connectivity index (χ1n) is 8.32. The van der Waals surface area contributed by atoms with Crippen LogP contribution in [0.3, 0.4) is 0 Å². The highest BCUT2D eigenvalue weighted by Gasteiger charge is 2.27. The molecule has 2 unspecified atom stereocenters. The number of nitrogens with zero attached hydrogens (tertiary/aromatic N) is 1. The van der Waals surface area contributed by atoms with Gasteiger partial charge in [0.15, 0.2) is 0 Å². The molecule has 0 spiro atoms. The van der Waals surface area contributed by atoms with Crippen LogP contribution >= 0.6 is 11.3 Å².